The molecule has 10 heteroatoms. The van der Waals surface area contributed by atoms with Gasteiger partial charge in [-0.1, -0.05) is 213 Å². The predicted octanol–water partition coefficient (Wildman–Crippen LogP) is 14.5. The summed E-state index contributed by atoms with van der Waals surface area (Å²) in [5.74, 6) is -0.497. The molecule has 0 aromatic carbocycles. The van der Waals surface area contributed by atoms with Gasteiger partial charge in [0.05, 0.1) is 33.8 Å². The topological polar surface area (TPSA) is 111 Å². The molecule has 9 nitrogen and oxygen atoms in total. The van der Waals surface area contributed by atoms with Crippen molar-refractivity contribution in [1.82, 2.24) is 5.32 Å². The summed E-state index contributed by atoms with van der Waals surface area (Å²) in [4.78, 5) is 37.3. The molecule has 0 bridgehead atoms. The summed E-state index contributed by atoms with van der Waals surface area (Å²) in [5.41, 5.74) is 0. The minimum absolute atomic E-state index is 0.0449. The molecule has 0 radical (unpaired) electrons. The maximum absolute atomic E-state index is 13.4. The van der Waals surface area contributed by atoms with Crippen LogP contribution in [0.2, 0.25) is 0 Å². The molecular formula is C50H100N2O7P+. The van der Waals surface area contributed by atoms with Crippen LogP contribution in [0.25, 0.3) is 0 Å². The van der Waals surface area contributed by atoms with Crippen molar-refractivity contribution in [3.8, 4) is 0 Å². The van der Waals surface area contributed by atoms with Crippen molar-refractivity contribution < 1.29 is 37.3 Å². The van der Waals surface area contributed by atoms with E-state index in [-0.39, 0.29) is 25.1 Å². The van der Waals surface area contributed by atoms with Gasteiger partial charge in [-0.3, -0.25) is 18.6 Å². The number of hydrogen-bond donors (Lipinski definition) is 2. The van der Waals surface area contributed by atoms with Gasteiger partial charge >= 0.3 is 13.8 Å². The largest absolute Gasteiger partial charge is 0.472 e. The van der Waals surface area contributed by atoms with E-state index in [0.717, 1.165) is 57.8 Å². The molecule has 0 saturated carbocycles. The highest BCUT2D eigenvalue weighted by Gasteiger charge is 2.30. The van der Waals surface area contributed by atoms with Crippen LogP contribution >= 0.6 is 7.82 Å². The molecule has 0 spiro atoms. The Bertz CT molecular complexity index is 1050. The first-order valence-electron chi connectivity index (χ1n) is 25.5. The molecule has 0 heterocycles. The number of hydrogen-bond acceptors (Lipinski definition) is 6. The van der Waals surface area contributed by atoms with Gasteiger partial charge < -0.3 is 19.4 Å². The fourth-order valence-electron chi connectivity index (χ4n) is 7.47. The van der Waals surface area contributed by atoms with Crippen molar-refractivity contribution in [3.63, 3.8) is 0 Å². The molecular weight excluding hydrogens is 772 g/mol. The monoisotopic (exact) mass is 872 g/mol. The van der Waals surface area contributed by atoms with Gasteiger partial charge in [-0.05, 0) is 31.8 Å². The summed E-state index contributed by atoms with van der Waals surface area (Å²) < 4.78 is 30.4. The Morgan fingerprint density at radius 1 is 0.567 bits per heavy atom. The molecule has 356 valence electrons. The van der Waals surface area contributed by atoms with Gasteiger partial charge in [-0.15, -0.1) is 0 Å². The van der Waals surface area contributed by atoms with Crippen LogP contribution in [0.5, 0.6) is 0 Å². The smallest absolute Gasteiger partial charge is 0.456 e. The molecule has 2 N–H and O–H groups in total. The standard InChI is InChI=1S/C50H99N2O7P/c1-7-10-13-16-19-22-25-28-29-32-35-38-41-48(59-50(54)43-40-37-34-31-27-24-21-18-15-12-9-3)47(46-58-60(55,56)57-45-44-52(4,5)6)51-49(53)42-39-36-33-30-26-23-20-17-14-11-8-2/h38,41,47-48H,7-37,39-40,42-46H2,1-6H3,(H-,51,53,55,56)/p+1/b41-38+. The van der Waals surface area contributed by atoms with Crippen LogP contribution in [0, 0.1) is 0 Å². The lowest BCUT2D eigenvalue weighted by molar-refractivity contribution is -0.870. The molecule has 0 aliphatic heterocycles. The van der Waals surface area contributed by atoms with Crippen molar-refractivity contribution >= 4 is 19.7 Å². The minimum atomic E-state index is -4.42. The quantitative estimate of drug-likeness (QED) is 0.0206. The van der Waals surface area contributed by atoms with E-state index in [2.05, 4.69) is 26.1 Å². The van der Waals surface area contributed by atoms with Gasteiger partial charge in [0.2, 0.25) is 5.91 Å². The number of quaternary nitrogens is 1. The number of allylic oxidation sites excluding steroid dienone is 1. The second-order valence-corrected chi connectivity index (χ2v) is 20.2. The predicted molar refractivity (Wildman–Crippen MR) is 254 cm³/mol. The van der Waals surface area contributed by atoms with E-state index >= 15 is 0 Å². The minimum Gasteiger partial charge on any atom is -0.456 e. The highest BCUT2D eigenvalue weighted by atomic mass is 31.2. The number of esters is 1. The van der Waals surface area contributed by atoms with Crippen molar-refractivity contribution in [2.45, 2.75) is 258 Å². The van der Waals surface area contributed by atoms with E-state index in [1.54, 1.807) is 0 Å². The molecule has 3 unspecified atom stereocenters. The fraction of sp³-hybridized carbons (Fsp3) is 0.920. The van der Waals surface area contributed by atoms with Gasteiger partial charge in [0.15, 0.2) is 0 Å². The lowest BCUT2D eigenvalue weighted by atomic mass is 10.0. The number of rotatable bonds is 46. The van der Waals surface area contributed by atoms with Crippen molar-refractivity contribution in [3.05, 3.63) is 12.2 Å². The second-order valence-electron chi connectivity index (χ2n) is 18.7. The third-order valence-electron chi connectivity index (χ3n) is 11.5. The number of carbonyl (C=O) groups is 2. The lowest BCUT2D eigenvalue weighted by Crippen LogP contribution is -2.47. The normalized spacial score (nSPS) is 14.1. The van der Waals surface area contributed by atoms with E-state index in [4.69, 9.17) is 13.8 Å². The average Bonchev–Trinajstić information content (AvgIpc) is 3.20. The fourth-order valence-corrected chi connectivity index (χ4v) is 8.20. The maximum atomic E-state index is 13.4. The first-order chi connectivity index (χ1) is 28.9. The van der Waals surface area contributed by atoms with Gasteiger partial charge in [-0.2, -0.15) is 0 Å². The molecule has 0 aromatic heterocycles. The summed E-state index contributed by atoms with van der Waals surface area (Å²) in [6, 6.07) is -0.835. The number of carbonyl (C=O) groups excluding carboxylic acids is 2. The van der Waals surface area contributed by atoms with Crippen LogP contribution in [0.4, 0.5) is 0 Å². The highest BCUT2D eigenvalue weighted by Crippen LogP contribution is 2.43. The molecule has 0 aliphatic carbocycles. The van der Waals surface area contributed by atoms with Gasteiger partial charge in [-0.25, -0.2) is 4.57 Å². The van der Waals surface area contributed by atoms with Gasteiger partial charge in [0.1, 0.15) is 19.3 Å². The van der Waals surface area contributed by atoms with E-state index < -0.39 is 20.0 Å². The Morgan fingerprint density at radius 2 is 0.950 bits per heavy atom. The molecule has 0 aromatic rings. The van der Waals surface area contributed by atoms with Gasteiger partial charge in [0.25, 0.3) is 0 Å². The number of nitrogens with zero attached hydrogens (tertiary/aromatic N) is 1. The zero-order chi connectivity index (χ0) is 44.4. The number of nitrogens with one attached hydrogen (secondary N) is 1. The number of likely N-dealkylation sites (N-methyl/N-ethyl adjacent to an activating group) is 1. The molecule has 0 fully saturated rings. The van der Waals surface area contributed by atoms with Crippen LogP contribution in [0.3, 0.4) is 0 Å². The Morgan fingerprint density at radius 3 is 1.37 bits per heavy atom. The molecule has 1 amide bonds. The summed E-state index contributed by atoms with van der Waals surface area (Å²) in [6.45, 7) is 7.00. The Labute approximate surface area is 371 Å². The highest BCUT2D eigenvalue weighted by molar-refractivity contribution is 7.47. The second kappa shape index (κ2) is 41.7. The third kappa shape index (κ3) is 42.1. The first-order valence-corrected chi connectivity index (χ1v) is 27.0. The van der Waals surface area contributed by atoms with Crippen molar-refractivity contribution in [2.24, 2.45) is 0 Å². The number of phosphoric acid groups is 1. The SMILES string of the molecule is CCCCCCCCCCCC/C=C/C(OC(=O)CCCCCCCCCCCCC)C(COP(=O)(O)OCC[N+](C)(C)C)NC(=O)CCCCCCCCCCCCC. The van der Waals surface area contributed by atoms with E-state index in [9.17, 15) is 19.0 Å². The molecule has 0 saturated heterocycles. The van der Waals surface area contributed by atoms with Crippen LogP contribution < -0.4 is 5.32 Å². The molecule has 0 rings (SSSR count). The number of phosphoric ester groups is 1. The molecule has 60 heavy (non-hydrogen) atoms. The number of amides is 1. The van der Waals surface area contributed by atoms with Crippen LogP contribution in [0.1, 0.15) is 245 Å². The van der Waals surface area contributed by atoms with Gasteiger partial charge in [0, 0.05) is 12.8 Å². The summed E-state index contributed by atoms with van der Waals surface area (Å²) >= 11 is 0. The zero-order valence-electron chi connectivity index (χ0n) is 40.5. The lowest BCUT2D eigenvalue weighted by Gasteiger charge is -2.27. The summed E-state index contributed by atoms with van der Waals surface area (Å²) in [6.07, 6.45) is 43.4. The Hall–Kier alpha value is -1.25. The number of ether oxygens (including phenoxy) is 1. The average molecular weight is 872 g/mol. The number of unbranched alkanes of at least 4 members (excludes halogenated alkanes) is 30. The first kappa shape index (κ1) is 58.8. The summed E-state index contributed by atoms with van der Waals surface area (Å²) in [5, 5.41) is 3.03. The summed E-state index contributed by atoms with van der Waals surface area (Å²) in [7, 11) is 1.51. The Kier molecular flexibility index (Phi) is 40.9. The molecule has 0 aliphatic rings. The zero-order valence-corrected chi connectivity index (χ0v) is 41.4. The third-order valence-corrected chi connectivity index (χ3v) is 12.5. The van der Waals surface area contributed by atoms with Crippen LogP contribution in [0.15, 0.2) is 12.2 Å². The Balaban J connectivity index is 5.44. The van der Waals surface area contributed by atoms with Crippen LogP contribution in [-0.4, -0.2) is 74.3 Å². The van der Waals surface area contributed by atoms with E-state index in [1.165, 1.54) is 154 Å². The van der Waals surface area contributed by atoms with Crippen molar-refractivity contribution in [2.75, 3.05) is 40.9 Å². The van der Waals surface area contributed by atoms with E-state index in [0.29, 0.717) is 23.9 Å². The van der Waals surface area contributed by atoms with E-state index in [1.807, 2.05) is 33.3 Å². The maximum Gasteiger partial charge on any atom is 0.472 e. The molecule has 3 atom stereocenters. The van der Waals surface area contributed by atoms with Crippen molar-refractivity contribution in [1.29, 1.82) is 0 Å². The van der Waals surface area contributed by atoms with Crippen LogP contribution in [-0.2, 0) is 27.9 Å².